The number of ketones is 1. The molecule has 5 aromatic rings. The maximum Gasteiger partial charge on any atom is 0.163 e. The lowest BCUT2D eigenvalue weighted by atomic mass is 9.85. The molecule has 2 heterocycles. The lowest BCUT2D eigenvalue weighted by Gasteiger charge is -2.28. The molecule has 1 fully saturated rings. The third kappa shape index (κ3) is 7.13. The van der Waals surface area contributed by atoms with E-state index in [2.05, 4.69) is 27.2 Å². The van der Waals surface area contributed by atoms with E-state index < -0.39 is 11.7 Å². The highest BCUT2D eigenvalue weighted by molar-refractivity contribution is 5.93. The van der Waals surface area contributed by atoms with Gasteiger partial charge in [-0.3, -0.25) is 4.79 Å². The van der Waals surface area contributed by atoms with Gasteiger partial charge in [-0.15, -0.1) is 0 Å². The number of nitrogens with zero attached hydrogens (tertiary/aromatic N) is 3. The summed E-state index contributed by atoms with van der Waals surface area (Å²) in [6, 6.07) is 27.9. The van der Waals surface area contributed by atoms with Crippen molar-refractivity contribution in [1.29, 1.82) is 0 Å². The normalized spacial score (nSPS) is 14.0. The van der Waals surface area contributed by atoms with Gasteiger partial charge in [0.1, 0.15) is 23.7 Å². The van der Waals surface area contributed by atoms with Crippen molar-refractivity contribution in [1.82, 2.24) is 14.9 Å². The average molecular weight is 605 g/mol. The molecule has 230 valence electrons. The smallest absolute Gasteiger partial charge is 0.163 e. The van der Waals surface area contributed by atoms with Crippen LogP contribution in [0.15, 0.2) is 97.3 Å². The van der Waals surface area contributed by atoms with Gasteiger partial charge in [-0.1, -0.05) is 66.7 Å². The zero-order valence-corrected chi connectivity index (χ0v) is 25.6. The molecule has 0 atom stereocenters. The van der Waals surface area contributed by atoms with Crippen LogP contribution < -0.4 is 14.8 Å². The van der Waals surface area contributed by atoms with Crippen molar-refractivity contribution in [3.05, 3.63) is 120 Å². The highest BCUT2D eigenvalue weighted by atomic mass is 19.1. The Morgan fingerprint density at radius 2 is 1.62 bits per heavy atom. The second kappa shape index (κ2) is 13.9. The van der Waals surface area contributed by atoms with Crippen LogP contribution in [-0.4, -0.2) is 54.5 Å². The molecule has 1 aliphatic rings. The van der Waals surface area contributed by atoms with E-state index in [1.54, 1.807) is 19.2 Å². The molecule has 1 aromatic heterocycles. The third-order valence-electron chi connectivity index (χ3n) is 8.49. The number of rotatable bonds is 11. The SMILES string of the molecule is COc1cc2c(Nc3ccc(CC(=O)C(c4ccccc4)c4ccccc4)cc3F)ncnc2cc1OCC1CCN(C)CC1. The summed E-state index contributed by atoms with van der Waals surface area (Å²) in [7, 11) is 3.74. The van der Waals surface area contributed by atoms with Crippen LogP contribution in [0.4, 0.5) is 15.9 Å². The highest BCUT2D eigenvalue weighted by Crippen LogP contribution is 2.36. The van der Waals surface area contributed by atoms with Gasteiger partial charge in [0.25, 0.3) is 0 Å². The second-order valence-corrected chi connectivity index (χ2v) is 11.6. The number of carbonyl (C=O) groups excluding carboxylic acids is 1. The fourth-order valence-corrected chi connectivity index (χ4v) is 5.93. The molecule has 1 N–H and O–H groups in total. The maximum absolute atomic E-state index is 15.5. The Balaban J connectivity index is 1.19. The summed E-state index contributed by atoms with van der Waals surface area (Å²) in [5.41, 5.74) is 3.32. The topological polar surface area (TPSA) is 76.6 Å². The minimum Gasteiger partial charge on any atom is -0.493 e. The van der Waals surface area contributed by atoms with Gasteiger partial charge in [0.15, 0.2) is 11.5 Å². The molecular weight excluding hydrogens is 567 g/mol. The fourth-order valence-electron chi connectivity index (χ4n) is 5.93. The lowest BCUT2D eigenvalue weighted by molar-refractivity contribution is -0.119. The van der Waals surface area contributed by atoms with Crippen molar-refractivity contribution in [3.8, 4) is 11.5 Å². The summed E-state index contributed by atoms with van der Waals surface area (Å²) >= 11 is 0. The first-order chi connectivity index (χ1) is 22.0. The number of likely N-dealkylation sites (tertiary alicyclic amines) is 1. The fraction of sp³-hybridized carbons (Fsp3) is 0.270. The minimum atomic E-state index is -0.479. The predicted octanol–water partition coefficient (Wildman–Crippen LogP) is 7.19. The summed E-state index contributed by atoms with van der Waals surface area (Å²) in [6.07, 6.45) is 3.74. The predicted molar refractivity (Wildman–Crippen MR) is 175 cm³/mol. The van der Waals surface area contributed by atoms with Crippen molar-refractivity contribution in [2.45, 2.75) is 25.2 Å². The molecule has 7 nitrogen and oxygen atoms in total. The largest absolute Gasteiger partial charge is 0.493 e. The molecular formula is C37H37FN4O3. The molecule has 1 saturated heterocycles. The van der Waals surface area contributed by atoms with E-state index in [0.717, 1.165) is 37.1 Å². The Morgan fingerprint density at radius 3 is 2.27 bits per heavy atom. The number of methoxy groups -OCH3 is 1. The summed E-state index contributed by atoms with van der Waals surface area (Å²) in [6.45, 7) is 2.76. The molecule has 45 heavy (non-hydrogen) atoms. The number of carbonyl (C=O) groups is 1. The number of nitrogens with one attached hydrogen (secondary N) is 1. The number of fused-ring (bicyclic) bond motifs is 1. The number of hydrogen-bond donors (Lipinski definition) is 1. The highest BCUT2D eigenvalue weighted by Gasteiger charge is 2.23. The molecule has 4 aromatic carbocycles. The number of aromatic nitrogens is 2. The molecule has 0 aliphatic carbocycles. The van der Waals surface area contributed by atoms with Crippen LogP contribution in [0.5, 0.6) is 11.5 Å². The zero-order chi connectivity index (χ0) is 31.2. The van der Waals surface area contributed by atoms with Crippen LogP contribution in [0.25, 0.3) is 10.9 Å². The van der Waals surface area contributed by atoms with Crippen LogP contribution in [0.3, 0.4) is 0 Å². The summed E-state index contributed by atoms with van der Waals surface area (Å²) in [4.78, 5) is 24.8. The van der Waals surface area contributed by atoms with Crippen molar-refractivity contribution in [3.63, 3.8) is 0 Å². The Hall–Kier alpha value is -4.82. The first-order valence-electron chi connectivity index (χ1n) is 15.3. The van der Waals surface area contributed by atoms with Gasteiger partial charge < -0.3 is 19.7 Å². The molecule has 6 rings (SSSR count). The van der Waals surface area contributed by atoms with Gasteiger partial charge in [-0.05, 0) is 73.8 Å². The van der Waals surface area contributed by atoms with Crippen molar-refractivity contribution < 1.29 is 18.7 Å². The van der Waals surface area contributed by atoms with Crippen LogP contribution >= 0.6 is 0 Å². The van der Waals surface area contributed by atoms with Gasteiger partial charge in [0, 0.05) is 17.9 Å². The molecule has 0 unspecified atom stereocenters. The van der Waals surface area contributed by atoms with Crippen LogP contribution in [0.1, 0.15) is 35.4 Å². The standard InChI is InChI=1S/C37H37FN4O3/c1-42-17-15-25(16-18-42)23-45-35-22-32-29(21-34(35)44-2)37(40-24-39-32)41-31-14-13-26(19-30(31)38)20-33(43)36(27-9-5-3-6-10-27)28-11-7-4-8-12-28/h3-14,19,21-22,24-25,36H,15-18,20,23H2,1-2H3,(H,39,40,41). The van der Waals surface area contributed by atoms with E-state index >= 15 is 4.39 Å². The molecule has 1 aliphatic heterocycles. The Kier molecular flexibility index (Phi) is 9.31. The Labute approximate surface area is 263 Å². The Morgan fingerprint density at radius 1 is 0.933 bits per heavy atom. The number of benzene rings is 4. The van der Waals surface area contributed by atoms with Crippen LogP contribution in [0.2, 0.25) is 0 Å². The summed E-state index contributed by atoms with van der Waals surface area (Å²) in [5.74, 6) is 1.20. The number of ether oxygens (including phenoxy) is 2. The minimum absolute atomic E-state index is 0.00440. The number of piperidine rings is 1. The number of halogens is 1. The molecule has 0 saturated carbocycles. The van der Waals surface area contributed by atoms with Gasteiger partial charge in [0.05, 0.1) is 30.8 Å². The van der Waals surface area contributed by atoms with Crippen LogP contribution in [0, 0.1) is 11.7 Å². The summed E-state index contributed by atoms with van der Waals surface area (Å²) in [5, 5.41) is 3.79. The molecule has 0 bridgehead atoms. The monoisotopic (exact) mass is 604 g/mol. The third-order valence-corrected chi connectivity index (χ3v) is 8.49. The van der Waals surface area contributed by atoms with Crippen molar-refractivity contribution in [2.75, 3.05) is 39.2 Å². The lowest BCUT2D eigenvalue weighted by Crippen LogP contribution is -2.32. The number of Topliss-reactive ketones (excluding diaryl/α,β-unsaturated/α-hetero) is 1. The Bertz CT molecular complexity index is 1720. The molecule has 0 spiro atoms. The zero-order valence-electron chi connectivity index (χ0n) is 25.6. The summed E-state index contributed by atoms with van der Waals surface area (Å²) < 4.78 is 27.3. The van der Waals surface area contributed by atoms with E-state index in [-0.39, 0.29) is 17.9 Å². The van der Waals surface area contributed by atoms with Crippen molar-refractivity contribution in [2.24, 2.45) is 5.92 Å². The van der Waals surface area contributed by atoms with Crippen LogP contribution in [-0.2, 0) is 11.2 Å². The first kappa shape index (κ1) is 30.2. The van der Waals surface area contributed by atoms with E-state index in [0.29, 0.717) is 46.3 Å². The van der Waals surface area contributed by atoms with E-state index in [1.807, 2.05) is 72.8 Å². The quantitative estimate of drug-likeness (QED) is 0.171. The molecule has 0 amide bonds. The van der Waals surface area contributed by atoms with Crippen molar-refractivity contribution >= 4 is 28.2 Å². The molecule has 8 heteroatoms. The number of hydrogen-bond acceptors (Lipinski definition) is 7. The van der Waals surface area contributed by atoms with Gasteiger partial charge in [0.2, 0.25) is 0 Å². The second-order valence-electron chi connectivity index (χ2n) is 11.6. The maximum atomic E-state index is 15.5. The van der Waals surface area contributed by atoms with Gasteiger partial charge >= 0.3 is 0 Å². The van der Waals surface area contributed by atoms with Gasteiger partial charge in [-0.2, -0.15) is 0 Å². The van der Waals surface area contributed by atoms with Gasteiger partial charge in [-0.25, -0.2) is 14.4 Å². The average Bonchev–Trinajstić information content (AvgIpc) is 3.06. The first-order valence-corrected chi connectivity index (χ1v) is 15.3. The van der Waals surface area contributed by atoms with E-state index in [9.17, 15) is 4.79 Å². The van der Waals surface area contributed by atoms with E-state index in [4.69, 9.17) is 9.47 Å². The van der Waals surface area contributed by atoms with E-state index in [1.165, 1.54) is 12.4 Å². The molecule has 0 radical (unpaired) electrons. The number of anilines is 2.